The molecule has 7 rings (SSSR count). The number of hydrogen-bond acceptors (Lipinski definition) is 13. The van der Waals surface area contributed by atoms with Gasteiger partial charge in [-0.05, 0) is 47.9 Å². The molecule has 42 heavy (non-hydrogen) atoms. The lowest BCUT2D eigenvalue weighted by Gasteiger charge is -2.47. The fraction of sp³-hybridized carbons (Fsp3) is 0.552. The molecule has 0 saturated carbocycles. The second kappa shape index (κ2) is 10.4. The van der Waals surface area contributed by atoms with Crippen LogP contribution in [0.4, 0.5) is 0 Å². The first-order valence-corrected chi connectivity index (χ1v) is 13.8. The number of aliphatic hydroxyl groups is 2. The van der Waals surface area contributed by atoms with E-state index < -0.39 is 66.8 Å². The number of aromatic hydroxyl groups is 1. The lowest BCUT2D eigenvalue weighted by molar-refractivity contribution is -0.364. The minimum Gasteiger partial charge on any atom is -0.502 e. The van der Waals surface area contributed by atoms with Crippen LogP contribution < -0.4 is 18.9 Å². The maximum Gasteiger partial charge on any atom is 0.310 e. The van der Waals surface area contributed by atoms with Crippen molar-refractivity contribution < 1.29 is 62.7 Å². The molecule has 13 nitrogen and oxygen atoms in total. The van der Waals surface area contributed by atoms with E-state index in [-0.39, 0.29) is 37.3 Å². The SMILES string of the molecule is COc1cc([C@@H]2c3cc4c(cc3C(O[C@@H]3OC5COC(C)O[C@@H]5[C@H](O)C3O)C3COC(=O)[C@@H]32)OCO4)cc(OC)c1O. The lowest BCUT2D eigenvalue weighted by Crippen LogP contribution is -2.63. The van der Waals surface area contributed by atoms with E-state index >= 15 is 0 Å². The lowest BCUT2D eigenvalue weighted by atomic mass is 9.66. The highest BCUT2D eigenvalue weighted by atomic mass is 16.8. The summed E-state index contributed by atoms with van der Waals surface area (Å²) in [4.78, 5) is 13.4. The van der Waals surface area contributed by atoms with Gasteiger partial charge in [-0.2, -0.15) is 0 Å². The zero-order valence-electron chi connectivity index (χ0n) is 23.1. The number of phenolic OH excluding ortho intramolecular Hbond substituents is 1. The molecule has 3 saturated heterocycles. The minimum absolute atomic E-state index is 0.0301. The molecule has 0 radical (unpaired) electrons. The van der Waals surface area contributed by atoms with Gasteiger partial charge in [-0.1, -0.05) is 0 Å². The molecule has 3 fully saturated rings. The van der Waals surface area contributed by atoms with E-state index in [1.807, 2.05) is 0 Å². The number of cyclic esters (lactones) is 1. The van der Waals surface area contributed by atoms with Gasteiger partial charge in [-0.25, -0.2) is 0 Å². The van der Waals surface area contributed by atoms with Crippen molar-refractivity contribution in [3.63, 3.8) is 0 Å². The third-order valence-electron chi connectivity index (χ3n) is 8.75. The Kier molecular flexibility index (Phi) is 6.83. The molecule has 0 aromatic heterocycles. The second-order valence-electron chi connectivity index (χ2n) is 11.0. The summed E-state index contributed by atoms with van der Waals surface area (Å²) in [5.74, 6) is -1.02. The summed E-state index contributed by atoms with van der Waals surface area (Å²) in [6, 6.07) is 6.93. The first kappa shape index (κ1) is 27.5. The van der Waals surface area contributed by atoms with Crippen LogP contribution in [0.5, 0.6) is 28.7 Å². The summed E-state index contributed by atoms with van der Waals surface area (Å²) in [5, 5.41) is 32.5. The molecule has 3 N–H and O–H groups in total. The number of methoxy groups -OCH3 is 2. The molecule has 0 amide bonds. The zero-order chi connectivity index (χ0) is 29.3. The zero-order valence-corrected chi connectivity index (χ0v) is 23.1. The standard InChI is InChI=1S/C29H32O13/c1-11-36-9-20-27(40-11)24(31)25(32)29(41-20)42-26-14-7-17-16(38-10-39-17)6-13(14)21(22-15(26)8-37-28(22)33)12-4-18(34-2)23(30)19(5-12)35-3/h4-7,11,15,20-22,24-27,29-32H,8-10H2,1-3H3/t11?,15?,20?,21-,22+,24-,25?,26?,27+,29+/m1/s1. The van der Waals surface area contributed by atoms with Gasteiger partial charge in [0.15, 0.2) is 35.6 Å². The van der Waals surface area contributed by atoms with Crippen LogP contribution >= 0.6 is 0 Å². The number of ether oxygens (including phenoxy) is 9. The summed E-state index contributed by atoms with van der Waals surface area (Å²) >= 11 is 0. The minimum atomic E-state index is -1.44. The predicted molar refractivity (Wildman–Crippen MR) is 138 cm³/mol. The van der Waals surface area contributed by atoms with Crippen LogP contribution in [-0.4, -0.2) is 92.5 Å². The van der Waals surface area contributed by atoms with Gasteiger partial charge in [-0.3, -0.25) is 4.79 Å². The maximum atomic E-state index is 13.4. The molecule has 5 unspecified atom stereocenters. The van der Waals surface area contributed by atoms with Gasteiger partial charge in [0.2, 0.25) is 12.5 Å². The number of carbonyl (C=O) groups is 1. The molecule has 226 valence electrons. The quantitative estimate of drug-likeness (QED) is 0.430. The Bertz CT molecular complexity index is 1350. The van der Waals surface area contributed by atoms with Crippen molar-refractivity contribution in [3.8, 4) is 28.7 Å². The Labute approximate surface area is 240 Å². The smallest absolute Gasteiger partial charge is 0.310 e. The van der Waals surface area contributed by atoms with Gasteiger partial charge in [-0.15, -0.1) is 0 Å². The Morgan fingerprint density at radius 3 is 2.26 bits per heavy atom. The van der Waals surface area contributed by atoms with Gasteiger partial charge < -0.3 is 58.0 Å². The molecule has 13 heteroatoms. The van der Waals surface area contributed by atoms with Crippen molar-refractivity contribution in [2.45, 2.75) is 55.9 Å². The largest absolute Gasteiger partial charge is 0.502 e. The number of hydrogen-bond donors (Lipinski definition) is 3. The highest BCUT2D eigenvalue weighted by Crippen LogP contribution is 2.57. The molecule has 0 bridgehead atoms. The van der Waals surface area contributed by atoms with Crippen molar-refractivity contribution in [2.75, 3.05) is 34.2 Å². The molecule has 4 aliphatic heterocycles. The number of carbonyl (C=O) groups excluding carboxylic acids is 1. The number of benzene rings is 2. The Hall–Kier alpha value is -3.33. The molecule has 2 aromatic rings. The normalized spacial score (nSPS) is 36.5. The molecule has 5 aliphatic rings. The summed E-state index contributed by atoms with van der Waals surface area (Å²) < 4.78 is 51.5. The van der Waals surface area contributed by atoms with E-state index in [2.05, 4.69) is 0 Å². The average Bonchev–Trinajstić information content (AvgIpc) is 3.61. The van der Waals surface area contributed by atoms with Crippen LogP contribution in [0.3, 0.4) is 0 Å². The number of phenols is 1. The van der Waals surface area contributed by atoms with E-state index in [1.54, 1.807) is 31.2 Å². The van der Waals surface area contributed by atoms with Crippen LogP contribution in [0.2, 0.25) is 0 Å². The monoisotopic (exact) mass is 588 g/mol. The van der Waals surface area contributed by atoms with Crippen molar-refractivity contribution in [1.82, 2.24) is 0 Å². The summed E-state index contributed by atoms with van der Waals surface area (Å²) in [6.45, 7) is 1.93. The summed E-state index contributed by atoms with van der Waals surface area (Å²) in [7, 11) is 2.86. The van der Waals surface area contributed by atoms with E-state index in [4.69, 9.17) is 42.6 Å². The molecule has 0 spiro atoms. The summed E-state index contributed by atoms with van der Waals surface area (Å²) in [6.07, 6.45) is -6.80. The van der Waals surface area contributed by atoms with Crippen LogP contribution in [0.25, 0.3) is 0 Å². The van der Waals surface area contributed by atoms with E-state index in [1.165, 1.54) is 14.2 Å². The fourth-order valence-corrected chi connectivity index (χ4v) is 6.74. The van der Waals surface area contributed by atoms with Crippen molar-refractivity contribution >= 4 is 5.97 Å². The fourth-order valence-electron chi connectivity index (χ4n) is 6.74. The van der Waals surface area contributed by atoms with Crippen molar-refractivity contribution in [3.05, 3.63) is 41.0 Å². The van der Waals surface area contributed by atoms with Gasteiger partial charge in [0.25, 0.3) is 0 Å². The maximum absolute atomic E-state index is 13.4. The van der Waals surface area contributed by atoms with Crippen LogP contribution in [0.15, 0.2) is 24.3 Å². The van der Waals surface area contributed by atoms with E-state index in [0.717, 1.165) is 0 Å². The number of aliphatic hydroxyl groups excluding tert-OH is 2. The third kappa shape index (κ3) is 4.26. The number of esters is 1. The molecule has 2 aromatic carbocycles. The van der Waals surface area contributed by atoms with Gasteiger partial charge in [0, 0.05) is 11.8 Å². The number of rotatable bonds is 5. The molecule has 4 heterocycles. The van der Waals surface area contributed by atoms with E-state index in [0.29, 0.717) is 28.2 Å². The topological polar surface area (TPSA) is 161 Å². The Morgan fingerprint density at radius 2 is 1.57 bits per heavy atom. The second-order valence-corrected chi connectivity index (χ2v) is 11.0. The van der Waals surface area contributed by atoms with Gasteiger partial charge in [0.1, 0.15) is 24.4 Å². The Balaban J connectivity index is 1.32. The first-order chi connectivity index (χ1) is 20.3. The average molecular weight is 589 g/mol. The number of fused-ring (bicyclic) bond motifs is 4. The van der Waals surface area contributed by atoms with Gasteiger partial charge >= 0.3 is 5.97 Å². The van der Waals surface area contributed by atoms with Crippen LogP contribution in [0.1, 0.15) is 35.6 Å². The van der Waals surface area contributed by atoms with Crippen LogP contribution in [0, 0.1) is 11.8 Å². The highest BCUT2D eigenvalue weighted by Gasteiger charge is 2.56. The van der Waals surface area contributed by atoms with Crippen molar-refractivity contribution in [2.24, 2.45) is 11.8 Å². The first-order valence-electron chi connectivity index (χ1n) is 13.8. The summed E-state index contributed by atoms with van der Waals surface area (Å²) in [5.41, 5.74) is 2.01. The molecular weight excluding hydrogens is 556 g/mol. The van der Waals surface area contributed by atoms with Crippen LogP contribution in [-0.2, 0) is 28.5 Å². The van der Waals surface area contributed by atoms with Crippen molar-refractivity contribution in [1.29, 1.82) is 0 Å². The molecule has 10 atom stereocenters. The Morgan fingerprint density at radius 1 is 0.881 bits per heavy atom. The molecular formula is C29H32O13. The van der Waals surface area contributed by atoms with E-state index in [9.17, 15) is 20.1 Å². The predicted octanol–water partition coefficient (Wildman–Crippen LogP) is 1.34. The highest BCUT2D eigenvalue weighted by molar-refractivity contribution is 5.79. The molecule has 1 aliphatic carbocycles. The third-order valence-corrected chi connectivity index (χ3v) is 8.75. The van der Waals surface area contributed by atoms with Gasteiger partial charge in [0.05, 0.1) is 39.5 Å².